The monoisotopic (exact) mass is 263 g/mol. The molecule has 0 saturated carbocycles. The summed E-state index contributed by atoms with van der Waals surface area (Å²) in [5.41, 5.74) is 4.08. The van der Waals surface area contributed by atoms with Crippen LogP contribution in [0, 0.1) is 13.8 Å². The van der Waals surface area contributed by atoms with Crippen molar-refractivity contribution in [2.24, 2.45) is 0 Å². The molecule has 1 aromatic rings. The van der Waals surface area contributed by atoms with E-state index in [4.69, 9.17) is 9.47 Å². The van der Waals surface area contributed by atoms with Crippen LogP contribution in [0.4, 0.5) is 0 Å². The Hall–Kier alpha value is -0.900. The minimum Gasteiger partial charge on any atom is -0.350 e. The van der Waals surface area contributed by atoms with E-state index in [9.17, 15) is 0 Å². The molecule has 3 heteroatoms. The van der Waals surface area contributed by atoms with E-state index in [0.717, 1.165) is 32.6 Å². The van der Waals surface area contributed by atoms with Gasteiger partial charge in [-0.15, -0.1) is 0 Å². The third-order valence-electron chi connectivity index (χ3n) is 3.78. The van der Waals surface area contributed by atoms with E-state index in [1.165, 1.54) is 16.7 Å². The molecule has 1 aliphatic rings. The second-order valence-electron chi connectivity index (χ2n) is 5.20. The zero-order chi connectivity index (χ0) is 13.7. The van der Waals surface area contributed by atoms with Crippen molar-refractivity contribution < 1.29 is 9.47 Å². The van der Waals surface area contributed by atoms with Crippen molar-refractivity contribution in [1.82, 2.24) is 5.32 Å². The Morgan fingerprint density at radius 2 is 2.00 bits per heavy atom. The zero-order valence-corrected chi connectivity index (χ0v) is 12.2. The van der Waals surface area contributed by atoms with E-state index >= 15 is 0 Å². The molecule has 1 N–H and O–H groups in total. The Morgan fingerprint density at radius 1 is 1.26 bits per heavy atom. The molecule has 1 atom stereocenters. The summed E-state index contributed by atoms with van der Waals surface area (Å²) in [6, 6.07) is 6.82. The Labute approximate surface area is 116 Å². The van der Waals surface area contributed by atoms with E-state index in [1.807, 2.05) is 0 Å². The molecule has 0 bridgehead atoms. The van der Waals surface area contributed by atoms with Crippen LogP contribution in [0.5, 0.6) is 0 Å². The molecule has 106 valence electrons. The van der Waals surface area contributed by atoms with Crippen LogP contribution in [0.25, 0.3) is 0 Å². The molecule has 0 spiro atoms. The van der Waals surface area contributed by atoms with Gasteiger partial charge in [0.05, 0.1) is 13.2 Å². The topological polar surface area (TPSA) is 30.5 Å². The first-order valence-corrected chi connectivity index (χ1v) is 7.25. The molecule has 19 heavy (non-hydrogen) atoms. The molecule has 0 aliphatic carbocycles. The van der Waals surface area contributed by atoms with Crippen molar-refractivity contribution in [2.75, 3.05) is 19.8 Å². The van der Waals surface area contributed by atoms with Crippen LogP contribution in [0.15, 0.2) is 18.2 Å². The summed E-state index contributed by atoms with van der Waals surface area (Å²) < 4.78 is 11.2. The number of nitrogens with one attached hydrogen (secondary N) is 1. The maximum absolute atomic E-state index is 5.59. The predicted octanol–water partition coefficient (Wildman–Crippen LogP) is 3.11. The standard InChI is InChI=1S/C16H25NO2/c1-4-8-17-15(11-16-18-9-10-19-16)14-7-5-6-12(2)13(14)3/h5-7,15-17H,4,8-11H2,1-3H3. The Bertz CT molecular complexity index is 400. The van der Waals surface area contributed by atoms with Crippen LogP contribution in [0.2, 0.25) is 0 Å². The van der Waals surface area contributed by atoms with Crippen molar-refractivity contribution >= 4 is 0 Å². The lowest BCUT2D eigenvalue weighted by molar-refractivity contribution is -0.0530. The van der Waals surface area contributed by atoms with E-state index in [0.29, 0.717) is 6.04 Å². The van der Waals surface area contributed by atoms with Crippen molar-refractivity contribution in [3.05, 3.63) is 34.9 Å². The van der Waals surface area contributed by atoms with E-state index < -0.39 is 0 Å². The normalized spacial score (nSPS) is 17.8. The third kappa shape index (κ3) is 3.78. The first-order chi connectivity index (χ1) is 9.22. The number of hydrogen-bond donors (Lipinski definition) is 1. The molecule has 1 unspecified atom stereocenters. The fourth-order valence-corrected chi connectivity index (χ4v) is 2.53. The SMILES string of the molecule is CCCNC(CC1OCCO1)c1cccc(C)c1C. The summed E-state index contributed by atoms with van der Waals surface area (Å²) in [7, 11) is 0. The van der Waals surface area contributed by atoms with E-state index in [2.05, 4.69) is 44.3 Å². The number of ether oxygens (including phenoxy) is 2. The lowest BCUT2D eigenvalue weighted by Gasteiger charge is -2.24. The molecule has 1 aliphatic heterocycles. The molecule has 1 heterocycles. The van der Waals surface area contributed by atoms with Crippen molar-refractivity contribution in [3.8, 4) is 0 Å². The highest BCUT2D eigenvalue weighted by Crippen LogP contribution is 2.26. The molecular weight excluding hydrogens is 238 g/mol. The minimum atomic E-state index is -0.0609. The summed E-state index contributed by atoms with van der Waals surface area (Å²) in [5, 5.41) is 3.62. The van der Waals surface area contributed by atoms with Gasteiger partial charge in [0.2, 0.25) is 0 Å². The summed E-state index contributed by atoms with van der Waals surface area (Å²) in [6.45, 7) is 9.01. The average molecular weight is 263 g/mol. The highest BCUT2D eigenvalue weighted by molar-refractivity contribution is 5.35. The van der Waals surface area contributed by atoms with Gasteiger partial charge in [-0.3, -0.25) is 0 Å². The molecule has 1 saturated heterocycles. The molecule has 1 aromatic carbocycles. The van der Waals surface area contributed by atoms with Gasteiger partial charge in [-0.2, -0.15) is 0 Å². The second-order valence-corrected chi connectivity index (χ2v) is 5.20. The van der Waals surface area contributed by atoms with Crippen LogP contribution in [-0.2, 0) is 9.47 Å². The number of aryl methyl sites for hydroxylation is 1. The predicted molar refractivity (Wildman–Crippen MR) is 77.3 cm³/mol. The molecule has 3 nitrogen and oxygen atoms in total. The molecule has 0 aromatic heterocycles. The van der Waals surface area contributed by atoms with Crippen molar-refractivity contribution in [2.45, 2.75) is 45.9 Å². The molecule has 1 fully saturated rings. The molecule has 0 amide bonds. The van der Waals surface area contributed by atoms with Crippen LogP contribution < -0.4 is 5.32 Å². The van der Waals surface area contributed by atoms with Crippen molar-refractivity contribution in [1.29, 1.82) is 0 Å². The maximum Gasteiger partial charge on any atom is 0.159 e. The lowest BCUT2D eigenvalue weighted by Crippen LogP contribution is -2.27. The summed E-state index contributed by atoms with van der Waals surface area (Å²) in [6.07, 6.45) is 1.95. The van der Waals surface area contributed by atoms with Gasteiger partial charge in [0.1, 0.15) is 0 Å². The first-order valence-electron chi connectivity index (χ1n) is 7.25. The van der Waals surface area contributed by atoms with Crippen LogP contribution in [0.1, 0.15) is 42.5 Å². The highest BCUT2D eigenvalue weighted by atomic mass is 16.7. The molecule has 0 radical (unpaired) electrons. The summed E-state index contributed by atoms with van der Waals surface area (Å²) in [5.74, 6) is 0. The largest absolute Gasteiger partial charge is 0.350 e. The van der Waals surface area contributed by atoms with Gasteiger partial charge in [-0.25, -0.2) is 0 Å². The first kappa shape index (κ1) is 14.5. The van der Waals surface area contributed by atoms with Gasteiger partial charge in [0.25, 0.3) is 0 Å². The number of hydrogen-bond acceptors (Lipinski definition) is 3. The number of rotatable bonds is 6. The maximum atomic E-state index is 5.59. The van der Waals surface area contributed by atoms with E-state index in [-0.39, 0.29) is 6.29 Å². The van der Waals surface area contributed by atoms with Crippen molar-refractivity contribution in [3.63, 3.8) is 0 Å². The van der Waals surface area contributed by atoms with Gasteiger partial charge in [0.15, 0.2) is 6.29 Å². The van der Waals surface area contributed by atoms with Gasteiger partial charge in [-0.1, -0.05) is 25.1 Å². The zero-order valence-electron chi connectivity index (χ0n) is 12.2. The Morgan fingerprint density at radius 3 is 2.68 bits per heavy atom. The Kier molecular flexibility index (Phi) is 5.37. The minimum absolute atomic E-state index is 0.0609. The van der Waals surface area contributed by atoms with Crippen LogP contribution >= 0.6 is 0 Å². The molecular formula is C16H25NO2. The number of benzene rings is 1. The second kappa shape index (κ2) is 7.04. The smallest absolute Gasteiger partial charge is 0.159 e. The quantitative estimate of drug-likeness (QED) is 0.855. The summed E-state index contributed by atoms with van der Waals surface area (Å²) >= 11 is 0. The lowest BCUT2D eigenvalue weighted by atomic mass is 9.95. The van der Waals surface area contributed by atoms with Gasteiger partial charge >= 0.3 is 0 Å². The van der Waals surface area contributed by atoms with Crippen LogP contribution in [0.3, 0.4) is 0 Å². The highest BCUT2D eigenvalue weighted by Gasteiger charge is 2.23. The summed E-state index contributed by atoms with van der Waals surface area (Å²) in [4.78, 5) is 0. The fourth-order valence-electron chi connectivity index (χ4n) is 2.53. The Balaban J connectivity index is 2.13. The average Bonchev–Trinajstić information content (AvgIpc) is 2.91. The van der Waals surface area contributed by atoms with E-state index in [1.54, 1.807) is 0 Å². The third-order valence-corrected chi connectivity index (χ3v) is 3.78. The van der Waals surface area contributed by atoms with Gasteiger partial charge < -0.3 is 14.8 Å². The molecule has 2 rings (SSSR count). The fraction of sp³-hybridized carbons (Fsp3) is 0.625. The van der Waals surface area contributed by atoms with Gasteiger partial charge in [-0.05, 0) is 43.5 Å². The van der Waals surface area contributed by atoms with Gasteiger partial charge in [0, 0.05) is 12.5 Å². The van der Waals surface area contributed by atoms with Crippen LogP contribution in [-0.4, -0.2) is 26.0 Å².